The molecule has 0 aliphatic carbocycles. The lowest BCUT2D eigenvalue weighted by atomic mass is 10.1. The SMILES string of the molecule is CCN(Cc1ccc(N)cc1Cl)c1cccc(O)c1. The van der Waals surface area contributed by atoms with E-state index in [1.807, 2.05) is 24.3 Å². The van der Waals surface area contributed by atoms with Crippen molar-refractivity contribution in [2.45, 2.75) is 13.5 Å². The minimum Gasteiger partial charge on any atom is -0.508 e. The number of phenolic OH excluding ortho intramolecular Hbond substituents is 1. The molecule has 0 bridgehead atoms. The Kier molecular flexibility index (Phi) is 4.17. The van der Waals surface area contributed by atoms with Crippen LogP contribution in [0.1, 0.15) is 12.5 Å². The molecule has 0 aliphatic rings. The predicted molar refractivity (Wildman–Crippen MR) is 80.7 cm³/mol. The molecule has 100 valence electrons. The number of benzene rings is 2. The van der Waals surface area contributed by atoms with E-state index >= 15 is 0 Å². The summed E-state index contributed by atoms with van der Waals surface area (Å²) >= 11 is 6.19. The Hall–Kier alpha value is -1.87. The lowest BCUT2D eigenvalue weighted by Crippen LogP contribution is -2.22. The Morgan fingerprint density at radius 1 is 1.21 bits per heavy atom. The number of nitrogen functional groups attached to an aromatic ring is 1. The molecule has 3 nitrogen and oxygen atoms in total. The largest absolute Gasteiger partial charge is 0.508 e. The van der Waals surface area contributed by atoms with Gasteiger partial charge in [0.15, 0.2) is 0 Å². The molecule has 0 saturated carbocycles. The highest BCUT2D eigenvalue weighted by atomic mass is 35.5. The Morgan fingerprint density at radius 3 is 2.63 bits per heavy atom. The Labute approximate surface area is 118 Å². The predicted octanol–water partition coefficient (Wildman–Crippen LogP) is 3.65. The maximum absolute atomic E-state index is 9.55. The highest BCUT2D eigenvalue weighted by Gasteiger charge is 2.08. The molecule has 0 unspecified atom stereocenters. The molecule has 0 heterocycles. The zero-order chi connectivity index (χ0) is 13.8. The molecule has 0 saturated heterocycles. The van der Waals surface area contributed by atoms with E-state index in [0.29, 0.717) is 17.3 Å². The van der Waals surface area contributed by atoms with Crippen molar-refractivity contribution >= 4 is 23.0 Å². The first-order valence-electron chi connectivity index (χ1n) is 6.18. The van der Waals surface area contributed by atoms with Crippen LogP contribution in [0.3, 0.4) is 0 Å². The maximum atomic E-state index is 9.55. The summed E-state index contributed by atoms with van der Waals surface area (Å²) in [7, 11) is 0. The molecule has 2 rings (SSSR count). The quantitative estimate of drug-likeness (QED) is 0.838. The van der Waals surface area contributed by atoms with Gasteiger partial charge >= 0.3 is 0 Å². The van der Waals surface area contributed by atoms with Gasteiger partial charge in [0.25, 0.3) is 0 Å². The number of aromatic hydroxyl groups is 1. The van der Waals surface area contributed by atoms with Crippen molar-refractivity contribution in [1.82, 2.24) is 0 Å². The Balaban J connectivity index is 2.24. The van der Waals surface area contributed by atoms with Crippen molar-refractivity contribution in [1.29, 1.82) is 0 Å². The van der Waals surface area contributed by atoms with Crippen LogP contribution in [0.4, 0.5) is 11.4 Å². The van der Waals surface area contributed by atoms with Gasteiger partial charge in [0.05, 0.1) is 0 Å². The molecule has 0 aliphatic heterocycles. The van der Waals surface area contributed by atoms with Crippen molar-refractivity contribution in [2.24, 2.45) is 0 Å². The fourth-order valence-electron chi connectivity index (χ4n) is 1.97. The van der Waals surface area contributed by atoms with Crippen LogP contribution in [0, 0.1) is 0 Å². The van der Waals surface area contributed by atoms with E-state index in [1.54, 1.807) is 18.2 Å². The second-order valence-corrected chi connectivity index (χ2v) is 4.79. The monoisotopic (exact) mass is 276 g/mol. The van der Waals surface area contributed by atoms with E-state index < -0.39 is 0 Å². The standard InChI is InChI=1S/C15H17ClN2O/c1-2-18(13-4-3-5-14(19)9-13)10-11-6-7-12(17)8-15(11)16/h3-9,19H,2,10,17H2,1H3. The van der Waals surface area contributed by atoms with Gasteiger partial charge in [0.2, 0.25) is 0 Å². The lowest BCUT2D eigenvalue weighted by molar-refractivity contribution is 0.475. The van der Waals surface area contributed by atoms with Crippen LogP contribution in [0.15, 0.2) is 42.5 Å². The Morgan fingerprint density at radius 2 is 2.00 bits per heavy atom. The van der Waals surface area contributed by atoms with E-state index in [0.717, 1.165) is 17.8 Å². The average Bonchev–Trinajstić information content (AvgIpc) is 2.38. The zero-order valence-corrected chi connectivity index (χ0v) is 11.6. The molecule has 0 fully saturated rings. The molecular weight excluding hydrogens is 260 g/mol. The normalized spacial score (nSPS) is 10.4. The molecule has 3 N–H and O–H groups in total. The van der Waals surface area contributed by atoms with Gasteiger partial charge in [-0.15, -0.1) is 0 Å². The van der Waals surface area contributed by atoms with E-state index in [-0.39, 0.29) is 5.75 Å². The fraction of sp³-hybridized carbons (Fsp3) is 0.200. The number of hydrogen-bond acceptors (Lipinski definition) is 3. The van der Waals surface area contributed by atoms with E-state index in [4.69, 9.17) is 17.3 Å². The highest BCUT2D eigenvalue weighted by molar-refractivity contribution is 6.31. The first-order valence-corrected chi connectivity index (χ1v) is 6.56. The van der Waals surface area contributed by atoms with Crippen molar-refractivity contribution in [3.8, 4) is 5.75 Å². The first-order chi connectivity index (χ1) is 9.10. The number of rotatable bonds is 4. The van der Waals surface area contributed by atoms with Crippen LogP contribution in [0.5, 0.6) is 5.75 Å². The van der Waals surface area contributed by atoms with Gasteiger partial charge in [0.1, 0.15) is 5.75 Å². The Bertz CT molecular complexity index is 572. The minimum atomic E-state index is 0.263. The summed E-state index contributed by atoms with van der Waals surface area (Å²) in [5.41, 5.74) is 8.33. The maximum Gasteiger partial charge on any atom is 0.117 e. The van der Waals surface area contributed by atoms with Crippen molar-refractivity contribution in [3.05, 3.63) is 53.1 Å². The van der Waals surface area contributed by atoms with Crippen LogP contribution in [0.2, 0.25) is 5.02 Å². The zero-order valence-electron chi connectivity index (χ0n) is 10.8. The van der Waals surface area contributed by atoms with E-state index in [2.05, 4.69) is 11.8 Å². The number of halogens is 1. The molecule has 0 radical (unpaired) electrons. The van der Waals surface area contributed by atoms with Gasteiger partial charge in [0, 0.05) is 35.6 Å². The topological polar surface area (TPSA) is 49.5 Å². The number of nitrogens with zero attached hydrogens (tertiary/aromatic N) is 1. The van der Waals surface area contributed by atoms with Gasteiger partial charge in [-0.2, -0.15) is 0 Å². The van der Waals surface area contributed by atoms with Crippen LogP contribution < -0.4 is 10.6 Å². The van der Waals surface area contributed by atoms with Crippen LogP contribution in [-0.2, 0) is 6.54 Å². The molecule has 0 aromatic heterocycles. The summed E-state index contributed by atoms with van der Waals surface area (Å²) in [5.74, 6) is 0.263. The van der Waals surface area contributed by atoms with Crippen LogP contribution >= 0.6 is 11.6 Å². The van der Waals surface area contributed by atoms with Crippen molar-refractivity contribution in [3.63, 3.8) is 0 Å². The highest BCUT2D eigenvalue weighted by Crippen LogP contribution is 2.25. The molecule has 2 aromatic carbocycles. The van der Waals surface area contributed by atoms with Crippen LogP contribution in [-0.4, -0.2) is 11.7 Å². The third-order valence-electron chi connectivity index (χ3n) is 3.01. The average molecular weight is 277 g/mol. The summed E-state index contributed by atoms with van der Waals surface area (Å²) in [6.45, 7) is 3.57. The van der Waals surface area contributed by atoms with Gasteiger partial charge in [-0.25, -0.2) is 0 Å². The number of phenols is 1. The van der Waals surface area contributed by atoms with E-state index in [9.17, 15) is 5.11 Å². The second-order valence-electron chi connectivity index (χ2n) is 4.38. The van der Waals surface area contributed by atoms with Crippen LogP contribution in [0.25, 0.3) is 0 Å². The second kappa shape index (κ2) is 5.85. The van der Waals surface area contributed by atoms with Crippen molar-refractivity contribution < 1.29 is 5.11 Å². The molecule has 4 heteroatoms. The van der Waals surface area contributed by atoms with Gasteiger partial charge in [-0.1, -0.05) is 23.7 Å². The number of anilines is 2. The molecule has 0 spiro atoms. The van der Waals surface area contributed by atoms with Crippen molar-refractivity contribution in [2.75, 3.05) is 17.2 Å². The lowest BCUT2D eigenvalue weighted by Gasteiger charge is -2.24. The summed E-state index contributed by atoms with van der Waals surface area (Å²) in [6.07, 6.45) is 0. The molecule has 0 amide bonds. The minimum absolute atomic E-state index is 0.263. The molecule has 19 heavy (non-hydrogen) atoms. The number of nitrogens with two attached hydrogens (primary N) is 1. The molecular formula is C15H17ClN2O. The molecule has 2 aromatic rings. The third-order valence-corrected chi connectivity index (χ3v) is 3.37. The number of hydrogen-bond donors (Lipinski definition) is 2. The first kappa shape index (κ1) is 13.6. The summed E-state index contributed by atoms with van der Waals surface area (Å²) in [4.78, 5) is 2.14. The van der Waals surface area contributed by atoms with Gasteiger partial charge < -0.3 is 15.7 Å². The van der Waals surface area contributed by atoms with Gasteiger partial charge in [-0.3, -0.25) is 0 Å². The summed E-state index contributed by atoms with van der Waals surface area (Å²) < 4.78 is 0. The third kappa shape index (κ3) is 3.32. The van der Waals surface area contributed by atoms with E-state index in [1.165, 1.54) is 0 Å². The summed E-state index contributed by atoms with van der Waals surface area (Å²) in [6, 6.07) is 12.7. The smallest absolute Gasteiger partial charge is 0.117 e. The fourth-order valence-corrected chi connectivity index (χ4v) is 2.22. The summed E-state index contributed by atoms with van der Waals surface area (Å²) in [5, 5.41) is 10.2. The van der Waals surface area contributed by atoms with Gasteiger partial charge in [-0.05, 0) is 36.8 Å². The molecule has 0 atom stereocenters.